The highest BCUT2D eigenvalue weighted by Gasteiger charge is 2.23. The molecule has 0 aliphatic heterocycles. The van der Waals surface area contributed by atoms with Gasteiger partial charge in [0, 0.05) is 27.1 Å². The number of ether oxygens (including phenoxy) is 1. The van der Waals surface area contributed by atoms with Gasteiger partial charge in [-0.15, -0.1) is 0 Å². The minimum Gasteiger partial charge on any atom is -0.383 e. The highest BCUT2D eigenvalue weighted by molar-refractivity contribution is 5.84. The Kier molecular flexibility index (Phi) is 5.55. The fraction of sp³-hybridized carbons (Fsp3) is 0.529. The predicted molar refractivity (Wildman–Crippen MR) is 88.0 cm³/mol. The van der Waals surface area contributed by atoms with Gasteiger partial charge in [-0.2, -0.15) is 0 Å². The SMILES string of the molecule is CCCc1nc2ccccc2n1C(C)C(=O)N(C)CCOC. The van der Waals surface area contributed by atoms with E-state index in [9.17, 15) is 4.79 Å². The molecule has 2 aromatic rings. The van der Waals surface area contributed by atoms with E-state index >= 15 is 0 Å². The molecule has 1 amide bonds. The summed E-state index contributed by atoms with van der Waals surface area (Å²) in [5, 5.41) is 0. The van der Waals surface area contributed by atoms with Crippen LogP contribution in [0, 0.1) is 0 Å². The Balaban J connectivity index is 2.35. The number of methoxy groups -OCH3 is 1. The summed E-state index contributed by atoms with van der Waals surface area (Å²) in [5.41, 5.74) is 1.97. The average molecular weight is 303 g/mol. The van der Waals surface area contributed by atoms with Gasteiger partial charge >= 0.3 is 0 Å². The normalized spacial score (nSPS) is 12.5. The first-order valence-corrected chi connectivity index (χ1v) is 7.79. The van der Waals surface area contributed by atoms with Crippen molar-refractivity contribution in [1.29, 1.82) is 0 Å². The first kappa shape index (κ1) is 16.5. The number of rotatable bonds is 7. The molecule has 0 N–H and O–H groups in total. The van der Waals surface area contributed by atoms with Gasteiger partial charge in [-0.05, 0) is 25.5 Å². The van der Waals surface area contributed by atoms with Gasteiger partial charge in [-0.3, -0.25) is 4.79 Å². The number of benzene rings is 1. The summed E-state index contributed by atoms with van der Waals surface area (Å²) in [4.78, 5) is 19.1. The van der Waals surface area contributed by atoms with Gasteiger partial charge in [0.25, 0.3) is 0 Å². The number of hydrogen-bond acceptors (Lipinski definition) is 3. The summed E-state index contributed by atoms with van der Waals surface area (Å²) in [7, 11) is 3.46. The number of aromatic nitrogens is 2. The van der Waals surface area contributed by atoms with Crippen molar-refractivity contribution in [2.24, 2.45) is 0 Å². The molecule has 0 aliphatic carbocycles. The van der Waals surface area contributed by atoms with Crippen molar-refractivity contribution in [2.45, 2.75) is 32.7 Å². The van der Waals surface area contributed by atoms with Gasteiger partial charge in [0.05, 0.1) is 17.6 Å². The Morgan fingerprint density at radius 3 is 2.82 bits per heavy atom. The summed E-state index contributed by atoms with van der Waals surface area (Å²) in [6, 6.07) is 7.72. The van der Waals surface area contributed by atoms with Crippen molar-refractivity contribution < 1.29 is 9.53 Å². The first-order chi connectivity index (χ1) is 10.6. The van der Waals surface area contributed by atoms with Crippen molar-refractivity contribution in [1.82, 2.24) is 14.5 Å². The minimum atomic E-state index is -0.268. The van der Waals surface area contributed by atoms with E-state index in [2.05, 4.69) is 11.5 Å². The van der Waals surface area contributed by atoms with Crippen LogP contribution >= 0.6 is 0 Å². The van der Waals surface area contributed by atoms with E-state index < -0.39 is 0 Å². The zero-order chi connectivity index (χ0) is 16.1. The van der Waals surface area contributed by atoms with Gasteiger partial charge < -0.3 is 14.2 Å². The lowest BCUT2D eigenvalue weighted by atomic mass is 10.2. The number of hydrogen-bond donors (Lipinski definition) is 0. The van der Waals surface area contributed by atoms with E-state index in [1.165, 1.54) is 0 Å². The molecule has 22 heavy (non-hydrogen) atoms. The molecule has 0 fully saturated rings. The Morgan fingerprint density at radius 2 is 2.14 bits per heavy atom. The highest BCUT2D eigenvalue weighted by Crippen LogP contribution is 2.23. The second-order valence-corrected chi connectivity index (χ2v) is 5.57. The second-order valence-electron chi connectivity index (χ2n) is 5.57. The number of para-hydroxylation sites is 2. The monoisotopic (exact) mass is 303 g/mol. The summed E-state index contributed by atoms with van der Waals surface area (Å²) in [6.07, 6.45) is 1.87. The highest BCUT2D eigenvalue weighted by atomic mass is 16.5. The molecule has 0 saturated carbocycles. The maximum Gasteiger partial charge on any atom is 0.245 e. The second kappa shape index (κ2) is 7.40. The molecule has 1 unspecified atom stereocenters. The molecule has 1 heterocycles. The summed E-state index contributed by atoms with van der Waals surface area (Å²) in [5.74, 6) is 1.06. The third-order valence-electron chi connectivity index (χ3n) is 3.89. The van der Waals surface area contributed by atoms with Gasteiger partial charge in [0.1, 0.15) is 11.9 Å². The van der Waals surface area contributed by atoms with E-state index in [1.54, 1.807) is 12.0 Å². The van der Waals surface area contributed by atoms with Crippen LogP contribution in [-0.2, 0) is 16.0 Å². The summed E-state index contributed by atoms with van der Waals surface area (Å²) >= 11 is 0. The minimum absolute atomic E-state index is 0.0811. The van der Waals surface area contributed by atoms with Gasteiger partial charge in [0.2, 0.25) is 5.91 Å². The summed E-state index contributed by atoms with van der Waals surface area (Å²) < 4.78 is 7.13. The van der Waals surface area contributed by atoms with E-state index in [4.69, 9.17) is 9.72 Å². The lowest BCUT2D eigenvalue weighted by Gasteiger charge is -2.23. The molecule has 0 bridgehead atoms. The van der Waals surface area contributed by atoms with Crippen molar-refractivity contribution in [3.05, 3.63) is 30.1 Å². The van der Waals surface area contributed by atoms with Crippen molar-refractivity contribution in [2.75, 3.05) is 27.3 Å². The molecule has 1 aromatic carbocycles. The molecular weight excluding hydrogens is 278 g/mol. The average Bonchev–Trinajstić information content (AvgIpc) is 2.89. The van der Waals surface area contributed by atoms with E-state index in [0.29, 0.717) is 13.2 Å². The van der Waals surface area contributed by atoms with Crippen molar-refractivity contribution in [3.63, 3.8) is 0 Å². The van der Waals surface area contributed by atoms with E-state index in [-0.39, 0.29) is 11.9 Å². The van der Waals surface area contributed by atoms with Crippen LogP contribution in [0.4, 0.5) is 0 Å². The Bertz CT molecular complexity index is 636. The third-order valence-corrected chi connectivity index (χ3v) is 3.89. The van der Waals surface area contributed by atoms with E-state index in [0.717, 1.165) is 29.7 Å². The standard InChI is InChI=1S/C17H25N3O2/c1-5-8-16-18-14-9-6-7-10-15(14)20(16)13(2)17(21)19(3)11-12-22-4/h6-7,9-10,13H,5,8,11-12H2,1-4H3. The molecule has 5 heteroatoms. The molecule has 0 radical (unpaired) electrons. The number of likely N-dealkylation sites (N-methyl/N-ethyl adjacent to an activating group) is 1. The summed E-state index contributed by atoms with van der Waals surface area (Å²) in [6.45, 7) is 5.21. The number of fused-ring (bicyclic) bond motifs is 1. The van der Waals surface area contributed by atoms with Crippen LogP contribution in [-0.4, -0.2) is 47.7 Å². The Labute approximate surface area is 131 Å². The van der Waals surface area contributed by atoms with Gasteiger partial charge in [-0.1, -0.05) is 19.1 Å². The zero-order valence-corrected chi connectivity index (χ0v) is 13.9. The first-order valence-electron chi connectivity index (χ1n) is 7.79. The molecule has 1 aromatic heterocycles. The topological polar surface area (TPSA) is 47.4 Å². The molecule has 0 aliphatic rings. The van der Waals surface area contributed by atoms with Crippen LogP contribution in [0.25, 0.3) is 11.0 Å². The number of carbonyl (C=O) groups is 1. The lowest BCUT2D eigenvalue weighted by molar-refractivity contribution is -0.133. The molecule has 2 rings (SSSR count). The van der Waals surface area contributed by atoms with Crippen LogP contribution in [0.2, 0.25) is 0 Å². The van der Waals surface area contributed by atoms with E-state index in [1.807, 2.05) is 38.2 Å². The van der Waals surface area contributed by atoms with Crippen LogP contribution in [0.15, 0.2) is 24.3 Å². The molecule has 0 saturated heterocycles. The molecule has 1 atom stereocenters. The quantitative estimate of drug-likeness (QED) is 0.790. The molecule has 5 nitrogen and oxygen atoms in total. The van der Waals surface area contributed by atoms with Crippen LogP contribution in [0.3, 0.4) is 0 Å². The van der Waals surface area contributed by atoms with Crippen LogP contribution < -0.4 is 0 Å². The molecular formula is C17H25N3O2. The van der Waals surface area contributed by atoms with Crippen LogP contribution in [0.5, 0.6) is 0 Å². The van der Waals surface area contributed by atoms with Gasteiger partial charge in [0.15, 0.2) is 0 Å². The largest absolute Gasteiger partial charge is 0.383 e. The number of carbonyl (C=O) groups excluding carboxylic acids is 1. The van der Waals surface area contributed by atoms with Crippen molar-refractivity contribution >= 4 is 16.9 Å². The molecule has 0 spiro atoms. The number of nitrogens with zero attached hydrogens (tertiary/aromatic N) is 3. The lowest BCUT2D eigenvalue weighted by Crippen LogP contribution is -2.35. The smallest absolute Gasteiger partial charge is 0.245 e. The predicted octanol–water partition coefficient (Wildman–Crippen LogP) is 2.65. The van der Waals surface area contributed by atoms with Gasteiger partial charge in [-0.25, -0.2) is 4.98 Å². The van der Waals surface area contributed by atoms with Crippen molar-refractivity contribution in [3.8, 4) is 0 Å². The fourth-order valence-electron chi connectivity index (χ4n) is 2.69. The Hall–Kier alpha value is -1.88. The maximum atomic E-state index is 12.7. The fourth-order valence-corrected chi connectivity index (χ4v) is 2.69. The number of aryl methyl sites for hydroxylation is 1. The zero-order valence-electron chi connectivity index (χ0n) is 13.9. The van der Waals surface area contributed by atoms with Crippen LogP contribution in [0.1, 0.15) is 32.1 Å². The number of amides is 1. The molecule has 120 valence electrons. The number of imidazole rings is 1. The third kappa shape index (κ3) is 3.30. The maximum absolute atomic E-state index is 12.7. The Morgan fingerprint density at radius 1 is 1.41 bits per heavy atom.